The Labute approximate surface area is 99.2 Å². The summed E-state index contributed by atoms with van der Waals surface area (Å²) in [4.78, 5) is 21.2. The maximum atomic E-state index is 10.9. The Morgan fingerprint density at radius 1 is 1.47 bits per heavy atom. The third-order valence-electron chi connectivity index (χ3n) is 2.70. The van der Waals surface area contributed by atoms with Crippen LogP contribution in [-0.2, 0) is 4.74 Å². The maximum Gasteiger partial charge on any atom is 0.339 e. The van der Waals surface area contributed by atoms with Crippen molar-refractivity contribution in [3.63, 3.8) is 0 Å². The Morgan fingerprint density at radius 3 is 3.00 bits per heavy atom. The molecule has 0 saturated carbocycles. The lowest BCUT2D eigenvalue weighted by atomic mass is 10.2. The SMILES string of the molecule is Cc1nc(N2CCCOCC2)ncc1C(=O)O. The van der Waals surface area contributed by atoms with E-state index in [0.717, 1.165) is 26.1 Å². The van der Waals surface area contributed by atoms with Gasteiger partial charge in [-0.15, -0.1) is 0 Å². The van der Waals surface area contributed by atoms with Gasteiger partial charge in [0, 0.05) is 25.9 Å². The van der Waals surface area contributed by atoms with E-state index in [2.05, 4.69) is 9.97 Å². The van der Waals surface area contributed by atoms with Crippen molar-refractivity contribution in [2.24, 2.45) is 0 Å². The monoisotopic (exact) mass is 237 g/mol. The molecule has 0 atom stereocenters. The van der Waals surface area contributed by atoms with Crippen molar-refractivity contribution in [2.75, 3.05) is 31.2 Å². The van der Waals surface area contributed by atoms with E-state index in [1.807, 2.05) is 4.90 Å². The van der Waals surface area contributed by atoms with Crippen molar-refractivity contribution in [3.8, 4) is 0 Å². The van der Waals surface area contributed by atoms with E-state index in [1.165, 1.54) is 6.20 Å². The van der Waals surface area contributed by atoms with Gasteiger partial charge in [0.15, 0.2) is 0 Å². The van der Waals surface area contributed by atoms with E-state index >= 15 is 0 Å². The van der Waals surface area contributed by atoms with Crippen LogP contribution in [0.15, 0.2) is 6.20 Å². The molecular formula is C11H15N3O3. The third kappa shape index (κ3) is 2.71. The molecule has 0 bridgehead atoms. The molecule has 2 rings (SSSR count). The predicted molar refractivity (Wildman–Crippen MR) is 61.4 cm³/mol. The van der Waals surface area contributed by atoms with E-state index in [4.69, 9.17) is 9.84 Å². The van der Waals surface area contributed by atoms with Gasteiger partial charge in [-0.2, -0.15) is 0 Å². The molecular weight excluding hydrogens is 222 g/mol. The summed E-state index contributed by atoms with van der Waals surface area (Å²) in [6.07, 6.45) is 2.30. The number of ether oxygens (including phenoxy) is 1. The summed E-state index contributed by atoms with van der Waals surface area (Å²) in [6, 6.07) is 0. The van der Waals surface area contributed by atoms with Crippen LogP contribution < -0.4 is 4.90 Å². The minimum absolute atomic E-state index is 0.153. The van der Waals surface area contributed by atoms with E-state index < -0.39 is 5.97 Å². The predicted octanol–water partition coefficient (Wildman–Crippen LogP) is 0.710. The van der Waals surface area contributed by atoms with Crippen LogP contribution in [0.5, 0.6) is 0 Å². The Hall–Kier alpha value is -1.69. The highest BCUT2D eigenvalue weighted by Crippen LogP contribution is 2.13. The molecule has 1 aliphatic rings. The molecule has 1 saturated heterocycles. The quantitative estimate of drug-likeness (QED) is 0.816. The molecule has 0 spiro atoms. The fraction of sp³-hybridized carbons (Fsp3) is 0.545. The number of carboxylic acids is 1. The molecule has 92 valence electrons. The van der Waals surface area contributed by atoms with Gasteiger partial charge < -0.3 is 14.7 Å². The van der Waals surface area contributed by atoms with Gasteiger partial charge in [-0.3, -0.25) is 0 Å². The summed E-state index contributed by atoms with van der Waals surface area (Å²) in [5, 5.41) is 8.90. The Morgan fingerprint density at radius 2 is 2.29 bits per heavy atom. The second kappa shape index (κ2) is 5.09. The van der Waals surface area contributed by atoms with E-state index in [0.29, 0.717) is 18.2 Å². The first-order valence-corrected chi connectivity index (χ1v) is 5.58. The highest BCUT2D eigenvalue weighted by atomic mass is 16.5. The second-order valence-electron chi connectivity index (χ2n) is 3.93. The van der Waals surface area contributed by atoms with Gasteiger partial charge in [-0.1, -0.05) is 0 Å². The summed E-state index contributed by atoms with van der Waals surface area (Å²) in [5.74, 6) is -0.411. The molecule has 2 heterocycles. The van der Waals surface area contributed by atoms with Crippen molar-refractivity contribution < 1.29 is 14.6 Å². The maximum absolute atomic E-state index is 10.9. The summed E-state index contributed by atoms with van der Waals surface area (Å²) in [7, 11) is 0. The number of rotatable bonds is 2. The molecule has 0 unspecified atom stereocenters. The minimum atomic E-state index is -0.992. The normalized spacial score (nSPS) is 16.6. The first-order chi connectivity index (χ1) is 8.18. The minimum Gasteiger partial charge on any atom is -0.478 e. The van der Waals surface area contributed by atoms with Crippen LogP contribution in [0.4, 0.5) is 5.95 Å². The highest BCUT2D eigenvalue weighted by Gasteiger charge is 2.15. The smallest absolute Gasteiger partial charge is 0.339 e. The van der Waals surface area contributed by atoms with Crippen molar-refractivity contribution in [1.82, 2.24) is 9.97 Å². The Bertz CT molecular complexity index is 414. The number of carbonyl (C=O) groups is 1. The fourth-order valence-corrected chi connectivity index (χ4v) is 1.76. The van der Waals surface area contributed by atoms with E-state index in [9.17, 15) is 4.79 Å². The van der Waals surface area contributed by atoms with Gasteiger partial charge in [0.2, 0.25) is 5.95 Å². The van der Waals surface area contributed by atoms with Crippen molar-refractivity contribution in [1.29, 1.82) is 0 Å². The van der Waals surface area contributed by atoms with Gasteiger partial charge >= 0.3 is 5.97 Å². The van der Waals surface area contributed by atoms with Gasteiger partial charge in [-0.25, -0.2) is 14.8 Å². The molecule has 1 fully saturated rings. The summed E-state index contributed by atoms with van der Waals surface area (Å²) >= 11 is 0. The Kier molecular flexibility index (Phi) is 3.53. The van der Waals surface area contributed by atoms with Crippen molar-refractivity contribution in [3.05, 3.63) is 17.5 Å². The number of hydrogen-bond donors (Lipinski definition) is 1. The first kappa shape index (κ1) is 11.8. The number of carboxylic acid groups (broad SMARTS) is 1. The number of anilines is 1. The van der Waals surface area contributed by atoms with E-state index in [-0.39, 0.29) is 5.56 Å². The average Bonchev–Trinajstić information content (AvgIpc) is 2.56. The molecule has 1 aliphatic heterocycles. The molecule has 0 aliphatic carbocycles. The lowest BCUT2D eigenvalue weighted by Gasteiger charge is -2.19. The van der Waals surface area contributed by atoms with Crippen LogP contribution in [-0.4, -0.2) is 47.3 Å². The molecule has 0 radical (unpaired) electrons. The van der Waals surface area contributed by atoms with Crippen LogP contribution in [0, 0.1) is 6.92 Å². The lowest BCUT2D eigenvalue weighted by Crippen LogP contribution is -2.28. The molecule has 6 heteroatoms. The van der Waals surface area contributed by atoms with E-state index in [1.54, 1.807) is 6.92 Å². The fourth-order valence-electron chi connectivity index (χ4n) is 1.76. The molecule has 6 nitrogen and oxygen atoms in total. The van der Waals surface area contributed by atoms with Gasteiger partial charge in [-0.05, 0) is 13.3 Å². The average molecular weight is 237 g/mol. The van der Waals surface area contributed by atoms with Crippen LogP contribution in [0.2, 0.25) is 0 Å². The molecule has 1 aromatic rings. The zero-order valence-electron chi connectivity index (χ0n) is 9.72. The van der Waals surface area contributed by atoms with Gasteiger partial charge in [0.25, 0.3) is 0 Å². The zero-order chi connectivity index (χ0) is 12.3. The lowest BCUT2D eigenvalue weighted by molar-refractivity contribution is 0.0695. The third-order valence-corrected chi connectivity index (χ3v) is 2.70. The number of aryl methyl sites for hydroxylation is 1. The number of aromatic nitrogens is 2. The number of aromatic carboxylic acids is 1. The molecule has 1 N–H and O–H groups in total. The topological polar surface area (TPSA) is 75.5 Å². The Balaban J connectivity index is 2.21. The number of nitrogens with zero attached hydrogens (tertiary/aromatic N) is 3. The molecule has 17 heavy (non-hydrogen) atoms. The van der Waals surface area contributed by atoms with Crippen molar-refractivity contribution in [2.45, 2.75) is 13.3 Å². The number of hydrogen-bond acceptors (Lipinski definition) is 5. The van der Waals surface area contributed by atoms with Gasteiger partial charge in [0.1, 0.15) is 0 Å². The largest absolute Gasteiger partial charge is 0.478 e. The first-order valence-electron chi connectivity index (χ1n) is 5.58. The second-order valence-corrected chi connectivity index (χ2v) is 3.93. The van der Waals surface area contributed by atoms with Crippen LogP contribution in [0.25, 0.3) is 0 Å². The summed E-state index contributed by atoms with van der Waals surface area (Å²) < 4.78 is 5.35. The molecule has 0 amide bonds. The van der Waals surface area contributed by atoms with Crippen LogP contribution in [0.1, 0.15) is 22.5 Å². The molecule has 1 aromatic heterocycles. The van der Waals surface area contributed by atoms with Gasteiger partial charge in [0.05, 0.1) is 17.9 Å². The zero-order valence-corrected chi connectivity index (χ0v) is 9.72. The molecule has 0 aromatic carbocycles. The van der Waals surface area contributed by atoms with Crippen molar-refractivity contribution >= 4 is 11.9 Å². The van der Waals surface area contributed by atoms with Crippen LogP contribution >= 0.6 is 0 Å². The standard InChI is InChI=1S/C11H15N3O3/c1-8-9(10(15)16)7-12-11(13-8)14-3-2-5-17-6-4-14/h7H,2-6H2,1H3,(H,15,16). The summed E-state index contributed by atoms with van der Waals surface area (Å²) in [5.41, 5.74) is 0.646. The highest BCUT2D eigenvalue weighted by molar-refractivity contribution is 5.88. The van der Waals surface area contributed by atoms with Crippen LogP contribution in [0.3, 0.4) is 0 Å². The summed E-state index contributed by atoms with van der Waals surface area (Å²) in [6.45, 7) is 4.67.